The summed E-state index contributed by atoms with van der Waals surface area (Å²) in [6.07, 6.45) is -1.69. The van der Waals surface area contributed by atoms with Crippen LogP contribution in [0.1, 0.15) is 20.3 Å². The molecule has 0 aromatic carbocycles. The minimum absolute atomic E-state index is 0.714. The first kappa shape index (κ1) is 10.5. The van der Waals surface area contributed by atoms with E-state index in [1.54, 1.807) is 6.08 Å². The zero-order valence-electron chi connectivity index (χ0n) is 6.48. The topological polar surface area (TPSA) is 9.23 Å². The fraction of sp³-hybridized carbons (Fsp3) is 0.714. The summed E-state index contributed by atoms with van der Waals surface area (Å²) in [7, 11) is 0. The predicted octanol–water partition coefficient (Wildman–Crippen LogP) is 2.88. The van der Waals surface area contributed by atoms with Gasteiger partial charge in [-0.05, 0) is 13.3 Å². The number of allylic oxidation sites excluding steroid dienone is 1. The van der Waals surface area contributed by atoms with Crippen molar-refractivity contribution in [2.45, 2.75) is 32.7 Å². The van der Waals surface area contributed by atoms with Crippen molar-refractivity contribution in [3.05, 3.63) is 12.2 Å². The van der Waals surface area contributed by atoms with Crippen LogP contribution in [0.5, 0.6) is 0 Å². The highest BCUT2D eigenvalue weighted by Gasteiger charge is 2.30. The fourth-order valence-corrected chi connectivity index (χ4v) is 0.578. The molecule has 0 N–H and O–H groups in total. The Morgan fingerprint density at radius 3 is 2.36 bits per heavy atom. The fourth-order valence-electron chi connectivity index (χ4n) is 0.578. The van der Waals surface area contributed by atoms with Crippen LogP contribution in [0.15, 0.2) is 12.2 Å². The van der Waals surface area contributed by atoms with Gasteiger partial charge in [0, 0.05) is 0 Å². The molecule has 0 bridgehead atoms. The molecule has 66 valence electrons. The highest BCUT2D eigenvalue weighted by Crippen LogP contribution is 2.18. The molecule has 0 aliphatic rings. The molecule has 0 heterocycles. The minimum Gasteiger partial charge on any atom is -0.285 e. The summed E-state index contributed by atoms with van der Waals surface area (Å²) in [6, 6.07) is 0. The molecule has 1 atom stereocenters. The van der Waals surface area contributed by atoms with Gasteiger partial charge in [-0.15, -0.1) is 13.2 Å². The van der Waals surface area contributed by atoms with Gasteiger partial charge >= 0.3 is 6.36 Å². The first-order valence-electron chi connectivity index (χ1n) is 3.37. The maximum absolute atomic E-state index is 11.5. The van der Waals surface area contributed by atoms with Crippen molar-refractivity contribution in [1.82, 2.24) is 0 Å². The number of rotatable bonds is 3. The van der Waals surface area contributed by atoms with Gasteiger partial charge in [0.05, 0.1) is 6.10 Å². The van der Waals surface area contributed by atoms with Gasteiger partial charge < -0.3 is 0 Å². The summed E-state index contributed by atoms with van der Waals surface area (Å²) in [5.41, 5.74) is 0. The molecule has 1 nitrogen and oxygen atoms in total. The van der Waals surface area contributed by atoms with E-state index < -0.39 is 12.5 Å². The van der Waals surface area contributed by atoms with Gasteiger partial charge in [0.1, 0.15) is 0 Å². The number of ether oxygens (including phenoxy) is 1. The largest absolute Gasteiger partial charge is 0.523 e. The zero-order valence-corrected chi connectivity index (χ0v) is 6.48. The highest BCUT2D eigenvalue weighted by molar-refractivity contribution is 4.86. The van der Waals surface area contributed by atoms with Crippen molar-refractivity contribution >= 4 is 0 Å². The predicted molar refractivity (Wildman–Crippen MR) is 36.0 cm³/mol. The normalized spacial score (nSPS) is 15.7. The van der Waals surface area contributed by atoms with Gasteiger partial charge in [0.25, 0.3) is 0 Å². The SMILES string of the molecule is CC/C=C\C(C)OC(F)(F)F. The van der Waals surface area contributed by atoms with Crippen molar-refractivity contribution in [3.63, 3.8) is 0 Å². The number of alkyl halides is 3. The van der Waals surface area contributed by atoms with E-state index in [1.807, 2.05) is 6.92 Å². The maximum atomic E-state index is 11.5. The van der Waals surface area contributed by atoms with Crippen LogP contribution in [-0.2, 0) is 4.74 Å². The minimum atomic E-state index is -4.53. The third kappa shape index (κ3) is 7.39. The Morgan fingerprint density at radius 1 is 1.45 bits per heavy atom. The molecular formula is C7H11F3O. The van der Waals surface area contributed by atoms with Gasteiger partial charge in [-0.3, -0.25) is 4.74 Å². The van der Waals surface area contributed by atoms with Crippen LogP contribution in [0.25, 0.3) is 0 Å². The maximum Gasteiger partial charge on any atom is 0.523 e. The summed E-state index contributed by atoms with van der Waals surface area (Å²) >= 11 is 0. The second-order valence-electron chi connectivity index (χ2n) is 2.11. The Hall–Kier alpha value is -0.510. The Balaban J connectivity index is 3.69. The summed E-state index contributed by atoms with van der Waals surface area (Å²) < 4.78 is 38.1. The second kappa shape index (κ2) is 4.38. The molecule has 0 spiro atoms. The second-order valence-corrected chi connectivity index (χ2v) is 2.11. The third-order valence-corrected chi connectivity index (χ3v) is 0.962. The van der Waals surface area contributed by atoms with Crippen LogP contribution in [0.4, 0.5) is 13.2 Å². The average molecular weight is 168 g/mol. The lowest BCUT2D eigenvalue weighted by Crippen LogP contribution is -2.19. The molecule has 4 heteroatoms. The number of halogens is 3. The van der Waals surface area contributed by atoms with Crippen molar-refractivity contribution in [3.8, 4) is 0 Å². The molecule has 0 aromatic heterocycles. The molecule has 0 radical (unpaired) electrons. The first-order valence-corrected chi connectivity index (χ1v) is 3.37. The molecule has 11 heavy (non-hydrogen) atoms. The van der Waals surface area contributed by atoms with Gasteiger partial charge in [-0.2, -0.15) is 0 Å². The van der Waals surface area contributed by atoms with Crippen molar-refractivity contribution in [2.75, 3.05) is 0 Å². The number of hydrogen-bond acceptors (Lipinski definition) is 1. The first-order chi connectivity index (χ1) is 4.95. The summed E-state index contributed by atoms with van der Waals surface area (Å²) in [4.78, 5) is 0. The van der Waals surface area contributed by atoms with Gasteiger partial charge in [0.2, 0.25) is 0 Å². The van der Waals surface area contributed by atoms with E-state index in [-0.39, 0.29) is 0 Å². The van der Waals surface area contributed by atoms with E-state index in [9.17, 15) is 13.2 Å². The van der Waals surface area contributed by atoms with Gasteiger partial charge in [0.15, 0.2) is 0 Å². The van der Waals surface area contributed by atoms with Gasteiger partial charge in [-0.25, -0.2) is 0 Å². The van der Waals surface area contributed by atoms with E-state index in [0.29, 0.717) is 6.42 Å². The molecular weight excluding hydrogens is 157 g/mol. The molecule has 0 aliphatic carbocycles. The average Bonchev–Trinajstić information content (AvgIpc) is 1.79. The standard InChI is InChI=1S/C7H11F3O/c1-3-4-5-6(2)11-7(8,9)10/h4-6H,3H2,1-2H3/b5-4-. The van der Waals surface area contributed by atoms with Crippen molar-refractivity contribution < 1.29 is 17.9 Å². The zero-order chi connectivity index (χ0) is 8.91. The Bertz CT molecular complexity index is 128. The van der Waals surface area contributed by atoms with E-state index in [1.165, 1.54) is 13.0 Å². The van der Waals surface area contributed by atoms with Crippen molar-refractivity contribution in [2.24, 2.45) is 0 Å². The lowest BCUT2D eigenvalue weighted by Gasteiger charge is -2.10. The van der Waals surface area contributed by atoms with Crippen LogP contribution in [0.3, 0.4) is 0 Å². The monoisotopic (exact) mass is 168 g/mol. The summed E-state index contributed by atoms with van der Waals surface area (Å²) in [5.74, 6) is 0. The van der Waals surface area contributed by atoms with Crippen molar-refractivity contribution in [1.29, 1.82) is 0 Å². The Morgan fingerprint density at radius 2 is 2.00 bits per heavy atom. The van der Waals surface area contributed by atoms with Gasteiger partial charge in [-0.1, -0.05) is 19.1 Å². The molecule has 0 aromatic rings. The molecule has 0 saturated heterocycles. The van der Waals surface area contributed by atoms with Crippen LogP contribution in [-0.4, -0.2) is 12.5 Å². The molecule has 0 rings (SSSR count). The van der Waals surface area contributed by atoms with Crippen LogP contribution in [0.2, 0.25) is 0 Å². The van der Waals surface area contributed by atoms with E-state index in [2.05, 4.69) is 4.74 Å². The number of hydrogen-bond donors (Lipinski definition) is 0. The van der Waals surface area contributed by atoms with E-state index >= 15 is 0 Å². The third-order valence-electron chi connectivity index (χ3n) is 0.962. The lowest BCUT2D eigenvalue weighted by molar-refractivity contribution is -0.334. The van der Waals surface area contributed by atoms with Crippen LogP contribution >= 0.6 is 0 Å². The molecule has 0 aliphatic heterocycles. The highest BCUT2D eigenvalue weighted by atomic mass is 19.4. The van der Waals surface area contributed by atoms with Crippen LogP contribution < -0.4 is 0 Å². The summed E-state index contributed by atoms with van der Waals surface area (Å²) in [6.45, 7) is 3.19. The lowest BCUT2D eigenvalue weighted by atomic mass is 10.3. The molecule has 0 fully saturated rings. The van der Waals surface area contributed by atoms with E-state index in [4.69, 9.17) is 0 Å². The summed E-state index contributed by atoms with van der Waals surface area (Å²) in [5, 5.41) is 0. The molecule has 1 unspecified atom stereocenters. The smallest absolute Gasteiger partial charge is 0.285 e. The quantitative estimate of drug-likeness (QED) is 0.589. The Kier molecular flexibility index (Phi) is 4.18. The van der Waals surface area contributed by atoms with E-state index in [0.717, 1.165) is 0 Å². The molecule has 0 amide bonds. The van der Waals surface area contributed by atoms with Crippen LogP contribution in [0, 0.1) is 0 Å². The molecule has 0 saturated carbocycles. The Labute approximate surface area is 63.8 Å².